The molecule has 2 aromatic heterocycles. The van der Waals surface area contributed by atoms with Gasteiger partial charge >= 0.3 is 7.60 Å². The van der Waals surface area contributed by atoms with Crippen LogP contribution < -0.4 is 5.73 Å². The fourth-order valence-electron chi connectivity index (χ4n) is 2.84. The van der Waals surface area contributed by atoms with E-state index < -0.39 is 53.8 Å². The number of ether oxygens (including phenoxy) is 2. The molecule has 0 bridgehead atoms. The Morgan fingerprint density at radius 1 is 1.38 bits per heavy atom. The monoisotopic (exact) mass is 473 g/mol. The van der Waals surface area contributed by atoms with Crippen LogP contribution in [0, 0.1) is 0 Å². The van der Waals surface area contributed by atoms with Crippen molar-refractivity contribution in [2.24, 2.45) is 0 Å². The quantitative estimate of drug-likeness (QED) is 0.231. The highest BCUT2D eigenvalue weighted by molar-refractivity contribution is 7.97. The molecule has 0 aliphatic carbocycles. The number of halogens is 1. The number of aliphatic hydroxyl groups excluding tert-OH is 2. The molecule has 1 aliphatic rings. The number of aromatic nitrogens is 4. The van der Waals surface area contributed by atoms with Gasteiger partial charge in [-0.2, -0.15) is 9.97 Å². The zero-order chi connectivity index (χ0) is 21.7. The second-order valence-corrected chi connectivity index (χ2v) is 10.7. The van der Waals surface area contributed by atoms with Crippen LogP contribution in [0.2, 0.25) is 5.28 Å². The maximum Gasteiger partial charge on any atom is 0.369 e. The molecule has 3 heterocycles. The Bertz CT molecular complexity index is 1080. The van der Waals surface area contributed by atoms with Crippen LogP contribution in [-0.2, 0) is 23.9 Å². The van der Waals surface area contributed by atoms with Gasteiger partial charge in [-0.3, -0.25) is 9.13 Å². The number of aliphatic hydroxyl groups is 2. The number of rotatable bonds is 6. The van der Waals surface area contributed by atoms with Crippen LogP contribution in [0.3, 0.4) is 0 Å². The van der Waals surface area contributed by atoms with Gasteiger partial charge in [0.2, 0.25) is 5.28 Å². The molecular formula is C12H17ClN5O9PS. The Morgan fingerprint density at radius 2 is 2.03 bits per heavy atom. The average molecular weight is 474 g/mol. The number of nitrogens with zero attached hydrogens (tertiary/aromatic N) is 4. The van der Waals surface area contributed by atoms with Crippen molar-refractivity contribution in [3.05, 3.63) is 11.6 Å². The van der Waals surface area contributed by atoms with E-state index in [4.69, 9.17) is 26.8 Å². The topological polar surface area (TPSA) is 220 Å². The van der Waals surface area contributed by atoms with Crippen molar-refractivity contribution in [1.82, 2.24) is 19.5 Å². The zero-order valence-corrected chi connectivity index (χ0v) is 17.1. The number of nitrogen functional groups attached to an aromatic ring is 1. The summed E-state index contributed by atoms with van der Waals surface area (Å²) in [4.78, 5) is 30.0. The van der Waals surface area contributed by atoms with E-state index in [1.54, 1.807) is 0 Å². The Labute approximate surface area is 168 Å². The molecular weight excluding hydrogens is 457 g/mol. The minimum atomic E-state index is -5.17. The SMILES string of the molecule is CS(=O)(=O)C(OC[C@H]1O[C@@H](n2cnc3c(N)nc(Cl)nc32)[C@H](O)[C@@H]1O)P(=O)(O)O. The first-order valence-electron chi connectivity index (χ1n) is 7.83. The smallest absolute Gasteiger partial charge is 0.369 e. The molecule has 0 aromatic carbocycles. The van der Waals surface area contributed by atoms with Gasteiger partial charge in [-0.05, 0) is 11.6 Å². The lowest BCUT2D eigenvalue weighted by molar-refractivity contribution is -0.0647. The number of sulfone groups is 1. The molecule has 0 saturated carbocycles. The lowest BCUT2D eigenvalue weighted by atomic mass is 10.1. The van der Waals surface area contributed by atoms with Crippen LogP contribution in [0.5, 0.6) is 0 Å². The number of fused-ring (bicyclic) bond motifs is 1. The molecule has 14 nitrogen and oxygen atoms in total. The van der Waals surface area contributed by atoms with Crippen LogP contribution >= 0.6 is 19.2 Å². The standard InChI is InChI=1S/C12H17ClN5O9PS/c1-29(24,25)12(28(21,22)23)26-2-4-6(19)7(20)10(27-4)18-3-15-5-8(14)16-11(13)17-9(5)18/h3-4,6-7,10,12,19-20H,2H2,1H3,(H2,14,16,17)(H2,21,22,23)/t4-,6-,7-,10-,12?/m1/s1. The molecule has 17 heteroatoms. The van der Waals surface area contributed by atoms with Crippen molar-refractivity contribution in [2.45, 2.75) is 29.7 Å². The number of nitrogens with two attached hydrogens (primary N) is 1. The summed E-state index contributed by atoms with van der Waals surface area (Å²) in [6, 6.07) is 0. The minimum absolute atomic E-state index is 0.0238. The van der Waals surface area contributed by atoms with Crippen LogP contribution in [0.15, 0.2) is 6.33 Å². The van der Waals surface area contributed by atoms with E-state index in [0.29, 0.717) is 6.26 Å². The van der Waals surface area contributed by atoms with E-state index in [1.165, 1.54) is 10.9 Å². The van der Waals surface area contributed by atoms with Crippen molar-refractivity contribution < 1.29 is 42.5 Å². The molecule has 162 valence electrons. The van der Waals surface area contributed by atoms with Gasteiger partial charge < -0.3 is 35.2 Å². The minimum Gasteiger partial charge on any atom is -0.387 e. The van der Waals surface area contributed by atoms with Gasteiger partial charge in [-0.25, -0.2) is 13.4 Å². The van der Waals surface area contributed by atoms with Crippen LogP contribution in [-0.4, -0.2) is 84.3 Å². The molecule has 29 heavy (non-hydrogen) atoms. The van der Waals surface area contributed by atoms with Crippen molar-refractivity contribution in [3.8, 4) is 0 Å². The highest BCUT2D eigenvalue weighted by Crippen LogP contribution is 2.45. The molecule has 3 rings (SSSR count). The third-order valence-electron chi connectivity index (χ3n) is 4.08. The number of imidazole rings is 1. The molecule has 0 amide bonds. The predicted octanol–water partition coefficient (Wildman–Crippen LogP) is -1.80. The van der Waals surface area contributed by atoms with Gasteiger partial charge in [0.25, 0.3) is 5.18 Å². The highest BCUT2D eigenvalue weighted by atomic mass is 35.5. The number of hydrogen-bond acceptors (Lipinski definition) is 11. The maximum absolute atomic E-state index is 11.6. The van der Waals surface area contributed by atoms with Gasteiger partial charge in [0, 0.05) is 6.26 Å². The van der Waals surface area contributed by atoms with Gasteiger partial charge in [0.1, 0.15) is 23.8 Å². The number of anilines is 1. The molecule has 1 saturated heterocycles. The third kappa shape index (κ3) is 4.38. The molecule has 1 fully saturated rings. The van der Waals surface area contributed by atoms with Gasteiger partial charge in [-0.1, -0.05) is 0 Å². The summed E-state index contributed by atoms with van der Waals surface area (Å²) in [5.41, 5.74) is 5.97. The van der Waals surface area contributed by atoms with Crippen LogP contribution in [0.25, 0.3) is 11.2 Å². The lowest BCUT2D eigenvalue weighted by Gasteiger charge is -2.20. The van der Waals surface area contributed by atoms with Crippen molar-refractivity contribution in [1.29, 1.82) is 0 Å². The summed E-state index contributed by atoms with van der Waals surface area (Å²) in [5.74, 6) is -0.0238. The Kier molecular flexibility index (Phi) is 5.90. The third-order valence-corrected chi connectivity index (χ3v) is 7.79. The predicted molar refractivity (Wildman–Crippen MR) is 97.3 cm³/mol. The normalized spacial score (nSPS) is 26.8. The largest absolute Gasteiger partial charge is 0.387 e. The van der Waals surface area contributed by atoms with Crippen LogP contribution in [0.4, 0.5) is 5.82 Å². The van der Waals surface area contributed by atoms with Gasteiger partial charge in [0.15, 0.2) is 27.5 Å². The molecule has 0 radical (unpaired) electrons. The average Bonchev–Trinajstić information content (AvgIpc) is 3.08. The summed E-state index contributed by atoms with van der Waals surface area (Å²) >= 11 is 5.78. The first-order chi connectivity index (χ1) is 13.3. The zero-order valence-electron chi connectivity index (χ0n) is 14.6. The highest BCUT2D eigenvalue weighted by Gasteiger charge is 2.46. The fourth-order valence-corrected chi connectivity index (χ4v) is 5.61. The molecule has 6 N–H and O–H groups in total. The summed E-state index contributed by atoms with van der Waals surface area (Å²) in [7, 11) is -9.45. The second-order valence-electron chi connectivity index (χ2n) is 6.31. The Balaban J connectivity index is 1.83. The van der Waals surface area contributed by atoms with Crippen LogP contribution in [0.1, 0.15) is 6.23 Å². The second kappa shape index (κ2) is 7.68. The summed E-state index contributed by atoms with van der Waals surface area (Å²) in [6.45, 7) is -0.734. The first kappa shape index (κ1) is 22.3. The molecule has 5 atom stereocenters. The Hall–Kier alpha value is -1.42. The van der Waals surface area contributed by atoms with Crippen molar-refractivity contribution in [3.63, 3.8) is 0 Å². The maximum atomic E-state index is 11.6. The Morgan fingerprint density at radius 3 is 2.62 bits per heavy atom. The van der Waals surface area contributed by atoms with E-state index in [2.05, 4.69) is 15.0 Å². The van der Waals surface area contributed by atoms with Gasteiger partial charge in [0.05, 0.1) is 12.9 Å². The summed E-state index contributed by atoms with van der Waals surface area (Å²) in [6.07, 6.45) is -3.89. The molecule has 1 unspecified atom stereocenters. The van der Waals surface area contributed by atoms with Crippen molar-refractivity contribution >= 4 is 46.0 Å². The first-order valence-corrected chi connectivity index (χ1v) is 11.8. The molecule has 2 aromatic rings. The fraction of sp³-hybridized carbons (Fsp3) is 0.583. The van der Waals surface area contributed by atoms with E-state index in [-0.39, 0.29) is 22.3 Å². The lowest BCUT2D eigenvalue weighted by Crippen LogP contribution is -2.36. The van der Waals surface area contributed by atoms with E-state index in [0.717, 1.165) is 0 Å². The van der Waals surface area contributed by atoms with Gasteiger partial charge in [-0.15, -0.1) is 0 Å². The van der Waals surface area contributed by atoms with E-state index in [9.17, 15) is 33.0 Å². The van der Waals surface area contributed by atoms with Crippen molar-refractivity contribution in [2.75, 3.05) is 18.6 Å². The van der Waals surface area contributed by atoms with E-state index >= 15 is 0 Å². The summed E-state index contributed by atoms with van der Waals surface area (Å²) in [5, 5.41) is 17.9. The number of hydrogen-bond donors (Lipinski definition) is 5. The summed E-state index contributed by atoms with van der Waals surface area (Å²) < 4.78 is 46.1. The molecule has 0 spiro atoms. The molecule has 1 aliphatic heterocycles. The van der Waals surface area contributed by atoms with E-state index in [1.807, 2.05) is 0 Å².